The lowest BCUT2D eigenvalue weighted by Crippen LogP contribution is -2.24. The largest absolute Gasteiger partial charge is 0.378 e. The Labute approximate surface area is 126 Å². The Kier molecular flexibility index (Phi) is 10.9. The Bertz CT molecular complexity index is 347. The Morgan fingerprint density at radius 3 is 1.86 bits per heavy atom. The van der Waals surface area contributed by atoms with E-state index in [2.05, 4.69) is 4.57 Å². The molecular weight excluding hydrogens is 274 g/mol. The van der Waals surface area contributed by atoms with Gasteiger partial charge in [0, 0.05) is 6.54 Å². The number of nitrogens with two attached hydrogens (primary N) is 1. The average molecular weight is 302 g/mol. The Hall–Kier alpha value is -0.990. The fraction of sp³-hybridized carbons (Fsp3) is 0.786. The van der Waals surface area contributed by atoms with E-state index in [-0.39, 0.29) is 0 Å². The molecule has 1 aromatic heterocycles. The second kappa shape index (κ2) is 12.7. The number of aryl methyl sites for hydroxylation is 1. The number of hydrogen-bond acceptors (Lipinski definition) is 5. The smallest absolute Gasteiger partial charge is 0.243 e. The third-order valence-corrected chi connectivity index (χ3v) is 2.70. The molecule has 0 radical (unpaired) electrons. The predicted octanol–water partition coefficient (Wildman–Crippen LogP) is -0.662. The third-order valence-electron chi connectivity index (χ3n) is 2.70. The van der Waals surface area contributed by atoms with E-state index in [9.17, 15) is 0 Å². The number of aromatic nitrogens is 2. The van der Waals surface area contributed by atoms with Gasteiger partial charge < -0.3 is 24.7 Å². The van der Waals surface area contributed by atoms with Crippen LogP contribution in [0.15, 0.2) is 18.7 Å². The van der Waals surface area contributed by atoms with Gasteiger partial charge >= 0.3 is 0 Å². The Morgan fingerprint density at radius 2 is 1.38 bits per heavy atom. The highest BCUT2D eigenvalue weighted by atomic mass is 16.6. The minimum absolute atomic E-state index is 0.548. The molecule has 1 heterocycles. The van der Waals surface area contributed by atoms with Gasteiger partial charge in [-0.05, 0) is 0 Å². The molecule has 1 aromatic rings. The van der Waals surface area contributed by atoms with Crippen LogP contribution in [-0.2, 0) is 32.5 Å². The first-order chi connectivity index (χ1) is 10.3. The molecule has 1 rings (SSSR count). The summed E-state index contributed by atoms with van der Waals surface area (Å²) in [6, 6.07) is 0. The van der Waals surface area contributed by atoms with Crippen molar-refractivity contribution < 1.29 is 23.5 Å². The third kappa shape index (κ3) is 10.4. The highest BCUT2D eigenvalue weighted by molar-refractivity contribution is 4.65. The molecule has 7 heteroatoms. The maximum absolute atomic E-state index is 5.49. The second-order valence-electron chi connectivity index (χ2n) is 4.56. The van der Waals surface area contributed by atoms with Gasteiger partial charge in [-0.3, -0.25) is 0 Å². The maximum Gasteiger partial charge on any atom is 0.243 e. The lowest BCUT2D eigenvalue weighted by molar-refractivity contribution is -0.671. The van der Waals surface area contributed by atoms with Gasteiger partial charge in [0.2, 0.25) is 6.33 Å². The zero-order valence-electron chi connectivity index (χ0n) is 12.9. The molecule has 0 aliphatic heterocycles. The highest BCUT2D eigenvalue weighted by Gasteiger charge is 1.99. The number of hydrogen-bond donors (Lipinski definition) is 1. The van der Waals surface area contributed by atoms with Crippen molar-refractivity contribution in [1.29, 1.82) is 0 Å². The molecule has 21 heavy (non-hydrogen) atoms. The van der Waals surface area contributed by atoms with Gasteiger partial charge in [-0.25, -0.2) is 9.13 Å². The summed E-state index contributed by atoms with van der Waals surface area (Å²) >= 11 is 0. The van der Waals surface area contributed by atoms with Crippen molar-refractivity contribution in [3.05, 3.63) is 18.7 Å². The molecule has 0 bridgehead atoms. The summed E-state index contributed by atoms with van der Waals surface area (Å²) in [4.78, 5) is 0. The van der Waals surface area contributed by atoms with Gasteiger partial charge in [-0.2, -0.15) is 0 Å². The number of nitrogens with zero attached hydrogens (tertiary/aromatic N) is 2. The van der Waals surface area contributed by atoms with Gasteiger partial charge in [0.25, 0.3) is 0 Å². The van der Waals surface area contributed by atoms with E-state index in [1.807, 2.05) is 30.3 Å². The predicted molar refractivity (Wildman–Crippen MR) is 77.9 cm³/mol. The normalized spacial score (nSPS) is 11.1. The van der Waals surface area contributed by atoms with E-state index in [0.29, 0.717) is 59.4 Å². The summed E-state index contributed by atoms with van der Waals surface area (Å²) in [5.41, 5.74) is 5.29. The van der Waals surface area contributed by atoms with Crippen molar-refractivity contribution in [3.63, 3.8) is 0 Å². The molecule has 0 aliphatic carbocycles. The fourth-order valence-electron chi connectivity index (χ4n) is 1.65. The van der Waals surface area contributed by atoms with Crippen molar-refractivity contribution in [2.24, 2.45) is 12.8 Å². The Balaban J connectivity index is 1.74. The van der Waals surface area contributed by atoms with Crippen molar-refractivity contribution in [2.75, 3.05) is 59.4 Å². The van der Waals surface area contributed by atoms with Crippen LogP contribution in [0.1, 0.15) is 0 Å². The van der Waals surface area contributed by atoms with Crippen LogP contribution < -0.4 is 10.3 Å². The summed E-state index contributed by atoms with van der Waals surface area (Å²) < 4.78 is 25.5. The molecule has 7 nitrogen and oxygen atoms in total. The Morgan fingerprint density at radius 1 is 0.857 bits per heavy atom. The number of rotatable bonds is 14. The number of imidazole rings is 1. The first-order valence-electron chi connectivity index (χ1n) is 7.35. The van der Waals surface area contributed by atoms with Gasteiger partial charge in [-0.15, -0.1) is 0 Å². The van der Waals surface area contributed by atoms with Crippen LogP contribution >= 0.6 is 0 Å². The van der Waals surface area contributed by atoms with Crippen LogP contribution in [0, 0.1) is 0 Å². The fourth-order valence-corrected chi connectivity index (χ4v) is 1.65. The van der Waals surface area contributed by atoms with Crippen LogP contribution in [0.5, 0.6) is 0 Å². The molecule has 122 valence electrons. The zero-order valence-corrected chi connectivity index (χ0v) is 12.9. The van der Waals surface area contributed by atoms with Gasteiger partial charge in [-0.1, -0.05) is 0 Å². The van der Waals surface area contributed by atoms with E-state index in [0.717, 1.165) is 6.54 Å². The molecule has 0 saturated carbocycles. The SMILES string of the molecule is C[n+]1ccn(CCOCCOCCOCCOCCN)c1. The standard InChI is InChI=1S/C14H28N3O4/c1-16-3-4-17(14-16)5-7-19-9-11-21-13-12-20-10-8-18-6-2-15/h3-4,14H,2,5-13,15H2,1H3/q+1. The summed E-state index contributed by atoms with van der Waals surface area (Å²) in [7, 11) is 2.00. The molecule has 2 N–H and O–H groups in total. The molecule has 0 saturated heterocycles. The van der Waals surface area contributed by atoms with Crippen LogP contribution in [0.25, 0.3) is 0 Å². The molecule has 0 atom stereocenters. The van der Waals surface area contributed by atoms with E-state index >= 15 is 0 Å². The molecule has 0 unspecified atom stereocenters. The van der Waals surface area contributed by atoms with Crippen LogP contribution in [-0.4, -0.2) is 64.0 Å². The monoisotopic (exact) mass is 302 g/mol. The summed E-state index contributed by atoms with van der Waals surface area (Å²) in [6.07, 6.45) is 6.05. The van der Waals surface area contributed by atoms with Crippen LogP contribution in [0.2, 0.25) is 0 Å². The van der Waals surface area contributed by atoms with Crippen molar-refractivity contribution in [2.45, 2.75) is 6.54 Å². The zero-order chi connectivity index (χ0) is 15.2. The van der Waals surface area contributed by atoms with E-state index in [4.69, 9.17) is 24.7 Å². The van der Waals surface area contributed by atoms with Gasteiger partial charge in [0.15, 0.2) is 0 Å². The van der Waals surface area contributed by atoms with E-state index in [1.54, 1.807) is 0 Å². The lowest BCUT2D eigenvalue weighted by Gasteiger charge is -2.06. The van der Waals surface area contributed by atoms with Crippen LogP contribution in [0.3, 0.4) is 0 Å². The second-order valence-corrected chi connectivity index (χ2v) is 4.56. The lowest BCUT2D eigenvalue weighted by atomic mass is 10.6. The topological polar surface area (TPSA) is 71.8 Å². The summed E-state index contributed by atoms with van der Waals surface area (Å²) in [6.45, 7) is 6.18. The molecule has 0 amide bonds. The first kappa shape index (κ1) is 18.1. The maximum atomic E-state index is 5.49. The molecule has 0 aliphatic rings. The van der Waals surface area contributed by atoms with Gasteiger partial charge in [0.1, 0.15) is 18.9 Å². The average Bonchev–Trinajstić information content (AvgIpc) is 2.89. The molecular formula is C14H28N3O4+. The van der Waals surface area contributed by atoms with Crippen molar-refractivity contribution in [3.8, 4) is 0 Å². The van der Waals surface area contributed by atoms with E-state index < -0.39 is 0 Å². The quantitative estimate of drug-likeness (QED) is 0.365. The molecule has 0 spiro atoms. The van der Waals surface area contributed by atoms with Crippen molar-refractivity contribution >= 4 is 0 Å². The van der Waals surface area contributed by atoms with Crippen LogP contribution in [0.4, 0.5) is 0 Å². The molecule has 0 aromatic carbocycles. The highest BCUT2D eigenvalue weighted by Crippen LogP contribution is 1.86. The molecule has 0 fully saturated rings. The minimum atomic E-state index is 0.548. The van der Waals surface area contributed by atoms with Crippen molar-refractivity contribution in [1.82, 2.24) is 4.57 Å². The summed E-state index contributed by atoms with van der Waals surface area (Å²) in [5, 5.41) is 0. The summed E-state index contributed by atoms with van der Waals surface area (Å²) in [5.74, 6) is 0. The van der Waals surface area contributed by atoms with Gasteiger partial charge in [0.05, 0.1) is 59.9 Å². The number of ether oxygens (including phenoxy) is 4. The minimum Gasteiger partial charge on any atom is -0.378 e. The first-order valence-corrected chi connectivity index (χ1v) is 7.35. The van der Waals surface area contributed by atoms with E-state index in [1.165, 1.54) is 0 Å².